The van der Waals surface area contributed by atoms with Crippen LogP contribution < -0.4 is 4.74 Å². The highest BCUT2D eigenvalue weighted by molar-refractivity contribution is 5.66. The quantitative estimate of drug-likeness (QED) is 0.773. The lowest BCUT2D eigenvalue weighted by Gasteiger charge is -2.05. The number of hydrogen-bond acceptors (Lipinski definition) is 2. The van der Waals surface area contributed by atoms with Crippen LogP contribution in [-0.4, -0.2) is 12.1 Å². The van der Waals surface area contributed by atoms with Crippen LogP contribution in [0.3, 0.4) is 0 Å². The molecule has 0 amide bonds. The molecule has 17 heavy (non-hydrogen) atoms. The lowest BCUT2D eigenvalue weighted by Crippen LogP contribution is -1.87. The maximum atomic E-state index is 5.12. The number of nitrogens with zero attached hydrogens (tertiary/aromatic N) is 1. The highest BCUT2D eigenvalue weighted by Gasteiger charge is 2.01. The van der Waals surface area contributed by atoms with E-state index in [9.17, 15) is 0 Å². The van der Waals surface area contributed by atoms with Crippen molar-refractivity contribution in [1.82, 2.24) is 4.98 Å². The Morgan fingerprint density at radius 2 is 1.65 bits per heavy atom. The predicted octanol–water partition coefficient (Wildman–Crippen LogP) is 4.09. The summed E-state index contributed by atoms with van der Waals surface area (Å²) >= 11 is 0. The molecule has 0 radical (unpaired) electrons. The van der Waals surface area contributed by atoms with Gasteiger partial charge in [0.15, 0.2) is 0 Å². The Morgan fingerprint density at radius 3 is 2.18 bits per heavy atom. The smallest absolute Gasteiger partial charge is 0.118 e. The molecule has 1 aromatic carbocycles. The number of hydrogen-bond donors (Lipinski definition) is 0. The van der Waals surface area contributed by atoms with Gasteiger partial charge in [0, 0.05) is 17.5 Å². The fourth-order valence-corrected chi connectivity index (χ4v) is 1.56. The summed E-state index contributed by atoms with van der Waals surface area (Å²) in [5.41, 5.74) is 3.38. The van der Waals surface area contributed by atoms with Crippen LogP contribution in [-0.2, 0) is 0 Å². The standard InChI is InChI=1S/C13H13NO.C2H6/c1-10-13(4-3-9-14-10)11-5-7-12(15-2)8-6-11;1-2/h3-9H,1-2H3;1-2H3. The molecule has 0 saturated heterocycles. The third-order valence-electron chi connectivity index (χ3n) is 2.41. The lowest BCUT2D eigenvalue weighted by atomic mass is 10.0. The van der Waals surface area contributed by atoms with Gasteiger partial charge in [0.1, 0.15) is 5.75 Å². The largest absolute Gasteiger partial charge is 0.497 e. The molecule has 0 bridgehead atoms. The lowest BCUT2D eigenvalue weighted by molar-refractivity contribution is 0.415. The minimum absolute atomic E-state index is 0.875. The summed E-state index contributed by atoms with van der Waals surface area (Å²) in [5, 5.41) is 0. The highest BCUT2D eigenvalue weighted by atomic mass is 16.5. The summed E-state index contributed by atoms with van der Waals surface area (Å²) in [7, 11) is 1.67. The van der Waals surface area contributed by atoms with Crippen molar-refractivity contribution in [3.05, 3.63) is 48.3 Å². The summed E-state index contributed by atoms with van der Waals surface area (Å²) in [5.74, 6) is 0.875. The van der Waals surface area contributed by atoms with E-state index in [-0.39, 0.29) is 0 Å². The van der Waals surface area contributed by atoms with Crippen LogP contribution in [0.15, 0.2) is 42.6 Å². The van der Waals surface area contributed by atoms with Crippen LogP contribution in [0.5, 0.6) is 5.75 Å². The van der Waals surface area contributed by atoms with E-state index < -0.39 is 0 Å². The molecule has 0 aliphatic rings. The molecule has 0 spiro atoms. The average Bonchev–Trinajstić information content (AvgIpc) is 2.42. The predicted molar refractivity (Wildman–Crippen MR) is 72.3 cm³/mol. The minimum atomic E-state index is 0.875. The van der Waals surface area contributed by atoms with E-state index in [0.29, 0.717) is 0 Å². The Bertz CT molecular complexity index is 449. The van der Waals surface area contributed by atoms with Gasteiger partial charge < -0.3 is 4.74 Å². The van der Waals surface area contributed by atoms with E-state index in [1.807, 2.05) is 57.3 Å². The highest BCUT2D eigenvalue weighted by Crippen LogP contribution is 2.23. The van der Waals surface area contributed by atoms with Gasteiger partial charge in [-0.15, -0.1) is 0 Å². The third-order valence-corrected chi connectivity index (χ3v) is 2.41. The number of aromatic nitrogens is 1. The van der Waals surface area contributed by atoms with E-state index in [1.54, 1.807) is 7.11 Å². The molecule has 2 heteroatoms. The number of methoxy groups -OCH3 is 1. The van der Waals surface area contributed by atoms with E-state index in [2.05, 4.69) is 11.1 Å². The molecule has 2 rings (SSSR count). The monoisotopic (exact) mass is 229 g/mol. The number of aryl methyl sites for hydroxylation is 1. The summed E-state index contributed by atoms with van der Waals surface area (Å²) in [6.45, 7) is 6.01. The zero-order valence-electron chi connectivity index (χ0n) is 10.9. The molecule has 2 aromatic rings. The molecule has 0 saturated carbocycles. The fourth-order valence-electron chi connectivity index (χ4n) is 1.56. The Hall–Kier alpha value is -1.83. The van der Waals surface area contributed by atoms with Gasteiger partial charge in [0.05, 0.1) is 7.11 Å². The molecular weight excluding hydrogens is 210 g/mol. The minimum Gasteiger partial charge on any atom is -0.497 e. The zero-order chi connectivity index (χ0) is 12.7. The van der Waals surface area contributed by atoms with Crippen LogP contribution in [0.2, 0.25) is 0 Å². The molecule has 0 aliphatic carbocycles. The third kappa shape index (κ3) is 3.31. The molecule has 1 aromatic heterocycles. The topological polar surface area (TPSA) is 22.1 Å². The number of pyridine rings is 1. The second-order valence-corrected chi connectivity index (χ2v) is 3.36. The fraction of sp³-hybridized carbons (Fsp3) is 0.267. The van der Waals surface area contributed by atoms with Gasteiger partial charge in [0.25, 0.3) is 0 Å². The summed E-state index contributed by atoms with van der Waals surface area (Å²) in [6.07, 6.45) is 1.81. The molecule has 0 aliphatic heterocycles. The molecule has 2 nitrogen and oxygen atoms in total. The number of benzene rings is 1. The van der Waals surface area contributed by atoms with Gasteiger partial charge in [-0.1, -0.05) is 32.0 Å². The molecule has 0 fully saturated rings. The van der Waals surface area contributed by atoms with Gasteiger partial charge in [-0.05, 0) is 30.7 Å². The van der Waals surface area contributed by atoms with Crippen LogP contribution in [0.1, 0.15) is 19.5 Å². The summed E-state index contributed by atoms with van der Waals surface area (Å²) in [4.78, 5) is 4.27. The Morgan fingerprint density at radius 1 is 1.00 bits per heavy atom. The second-order valence-electron chi connectivity index (χ2n) is 3.36. The second kappa shape index (κ2) is 6.69. The number of ether oxygens (including phenoxy) is 1. The molecule has 0 unspecified atom stereocenters. The van der Waals surface area contributed by atoms with Crippen molar-refractivity contribution >= 4 is 0 Å². The van der Waals surface area contributed by atoms with E-state index in [1.165, 1.54) is 11.1 Å². The number of rotatable bonds is 2. The van der Waals surface area contributed by atoms with Crippen LogP contribution in [0, 0.1) is 6.92 Å². The van der Waals surface area contributed by atoms with Crippen molar-refractivity contribution < 1.29 is 4.74 Å². The van der Waals surface area contributed by atoms with Crippen molar-refractivity contribution in [1.29, 1.82) is 0 Å². The van der Waals surface area contributed by atoms with E-state index in [4.69, 9.17) is 4.74 Å². The molecule has 0 N–H and O–H groups in total. The molecule has 1 heterocycles. The maximum Gasteiger partial charge on any atom is 0.118 e. The van der Waals surface area contributed by atoms with Crippen molar-refractivity contribution in [3.8, 4) is 16.9 Å². The van der Waals surface area contributed by atoms with E-state index in [0.717, 1.165) is 11.4 Å². The van der Waals surface area contributed by atoms with Crippen molar-refractivity contribution in [2.24, 2.45) is 0 Å². The first-order chi connectivity index (χ1) is 8.31. The first-order valence-corrected chi connectivity index (χ1v) is 5.87. The Kier molecular flexibility index (Phi) is 5.21. The van der Waals surface area contributed by atoms with Crippen LogP contribution in [0.25, 0.3) is 11.1 Å². The van der Waals surface area contributed by atoms with Crippen LogP contribution >= 0.6 is 0 Å². The van der Waals surface area contributed by atoms with Gasteiger partial charge >= 0.3 is 0 Å². The zero-order valence-corrected chi connectivity index (χ0v) is 10.9. The van der Waals surface area contributed by atoms with Gasteiger partial charge in [-0.25, -0.2) is 0 Å². The van der Waals surface area contributed by atoms with Crippen molar-refractivity contribution in [2.45, 2.75) is 20.8 Å². The van der Waals surface area contributed by atoms with Crippen molar-refractivity contribution in [3.63, 3.8) is 0 Å². The molecule has 0 atom stereocenters. The van der Waals surface area contributed by atoms with Gasteiger partial charge in [0.2, 0.25) is 0 Å². The van der Waals surface area contributed by atoms with Gasteiger partial charge in [-0.3, -0.25) is 4.98 Å². The summed E-state index contributed by atoms with van der Waals surface area (Å²) in [6, 6.07) is 12.0. The maximum absolute atomic E-state index is 5.12. The first kappa shape index (κ1) is 13.2. The Balaban J connectivity index is 0.000000686. The molecule has 90 valence electrons. The SMILES string of the molecule is CC.COc1ccc(-c2cccnc2C)cc1. The normalized spacial score (nSPS) is 9.18. The average molecular weight is 229 g/mol. The first-order valence-electron chi connectivity index (χ1n) is 5.87. The van der Waals surface area contributed by atoms with Gasteiger partial charge in [-0.2, -0.15) is 0 Å². The van der Waals surface area contributed by atoms with Crippen molar-refractivity contribution in [2.75, 3.05) is 7.11 Å². The summed E-state index contributed by atoms with van der Waals surface area (Å²) < 4.78 is 5.12. The van der Waals surface area contributed by atoms with Crippen LogP contribution in [0.4, 0.5) is 0 Å². The van der Waals surface area contributed by atoms with E-state index >= 15 is 0 Å². The molecular formula is C15H19NO. The Labute approximate surface area is 103 Å².